The molecular weight excluding hydrogens is 418 g/mol. The van der Waals surface area contributed by atoms with Gasteiger partial charge in [0.05, 0.1) is 16.8 Å². The number of rotatable bonds is 6. The van der Waals surface area contributed by atoms with Gasteiger partial charge in [-0.1, -0.05) is 19.1 Å². The minimum Gasteiger partial charge on any atom is -0.452 e. The smallest absolute Gasteiger partial charge is 0.338 e. The number of ether oxygens (including phenoxy) is 1. The fraction of sp³-hybridized carbons (Fsp3) is 0.346. The number of H-pyrrole nitrogens is 1. The lowest BCUT2D eigenvalue weighted by atomic mass is 9.87. The summed E-state index contributed by atoms with van der Waals surface area (Å²) < 4.78 is 5.27. The number of hydrogen-bond donors (Lipinski definition) is 3. The number of amides is 2. The highest BCUT2D eigenvalue weighted by Crippen LogP contribution is 2.32. The Balaban J connectivity index is 1.23. The van der Waals surface area contributed by atoms with Gasteiger partial charge in [0.15, 0.2) is 6.61 Å². The molecule has 1 saturated carbocycles. The Hall–Kier alpha value is -3.61. The molecule has 5 rings (SSSR count). The summed E-state index contributed by atoms with van der Waals surface area (Å²) >= 11 is 0. The number of nitrogens with one attached hydrogen (secondary N) is 3. The Morgan fingerprint density at radius 3 is 2.73 bits per heavy atom. The van der Waals surface area contributed by atoms with E-state index in [1.165, 1.54) is 11.3 Å². The summed E-state index contributed by atoms with van der Waals surface area (Å²) in [4.78, 5) is 40.9. The molecule has 0 saturated heterocycles. The van der Waals surface area contributed by atoms with Gasteiger partial charge in [0.1, 0.15) is 0 Å². The number of anilines is 1. The molecule has 1 aromatic heterocycles. The molecule has 0 bridgehead atoms. The van der Waals surface area contributed by atoms with Gasteiger partial charge < -0.3 is 20.4 Å². The molecule has 7 nitrogen and oxygen atoms in total. The molecule has 0 aliphatic heterocycles. The maximum atomic E-state index is 12.6. The first-order chi connectivity index (χ1) is 16.0. The van der Waals surface area contributed by atoms with Crippen LogP contribution in [0.25, 0.3) is 10.9 Å². The van der Waals surface area contributed by atoms with Gasteiger partial charge >= 0.3 is 5.97 Å². The number of carbonyl (C=O) groups excluding carboxylic acids is 3. The average Bonchev–Trinajstić information content (AvgIpc) is 3.56. The van der Waals surface area contributed by atoms with Crippen molar-refractivity contribution in [2.24, 2.45) is 5.92 Å². The second kappa shape index (κ2) is 8.73. The van der Waals surface area contributed by atoms with Crippen molar-refractivity contribution in [2.75, 3.05) is 11.9 Å². The zero-order valence-electron chi connectivity index (χ0n) is 18.6. The Labute approximate surface area is 191 Å². The van der Waals surface area contributed by atoms with Gasteiger partial charge in [-0.15, -0.1) is 0 Å². The number of benzene rings is 2. The third kappa shape index (κ3) is 4.62. The predicted octanol–water partition coefficient (Wildman–Crippen LogP) is 3.98. The van der Waals surface area contributed by atoms with Gasteiger partial charge in [0.2, 0.25) is 0 Å². The molecule has 2 aliphatic rings. The minimum atomic E-state index is -0.550. The molecule has 2 aromatic carbocycles. The summed E-state index contributed by atoms with van der Waals surface area (Å²) in [5.41, 5.74) is 4.74. The molecule has 170 valence electrons. The predicted molar refractivity (Wildman–Crippen MR) is 125 cm³/mol. The molecule has 0 radical (unpaired) electrons. The van der Waals surface area contributed by atoms with E-state index in [-0.39, 0.29) is 11.9 Å². The normalized spacial score (nSPS) is 17.3. The largest absolute Gasteiger partial charge is 0.452 e. The van der Waals surface area contributed by atoms with Gasteiger partial charge in [0, 0.05) is 22.6 Å². The summed E-state index contributed by atoms with van der Waals surface area (Å²) in [5, 5.41) is 6.64. The molecule has 2 aliphatic carbocycles. The Morgan fingerprint density at radius 2 is 1.91 bits per heavy atom. The maximum absolute atomic E-state index is 12.6. The molecule has 3 N–H and O–H groups in total. The number of fused-ring (bicyclic) bond motifs is 3. The highest BCUT2D eigenvalue weighted by Gasteiger charge is 2.25. The molecular formula is C26H27N3O4. The zero-order chi connectivity index (χ0) is 22.9. The molecule has 0 unspecified atom stereocenters. The zero-order valence-corrected chi connectivity index (χ0v) is 18.6. The first-order valence-corrected chi connectivity index (χ1v) is 11.5. The maximum Gasteiger partial charge on any atom is 0.338 e. The van der Waals surface area contributed by atoms with Crippen molar-refractivity contribution in [3.8, 4) is 0 Å². The number of carbonyl (C=O) groups is 3. The summed E-state index contributed by atoms with van der Waals surface area (Å²) in [6.45, 7) is 1.81. The molecule has 1 fully saturated rings. The van der Waals surface area contributed by atoms with Crippen LogP contribution in [-0.2, 0) is 22.4 Å². The van der Waals surface area contributed by atoms with Crippen molar-refractivity contribution in [1.82, 2.24) is 10.3 Å². The summed E-state index contributed by atoms with van der Waals surface area (Å²) in [7, 11) is 0. The topological polar surface area (TPSA) is 100 Å². The van der Waals surface area contributed by atoms with Gasteiger partial charge in [-0.05, 0) is 73.9 Å². The van der Waals surface area contributed by atoms with E-state index in [0.717, 1.165) is 43.0 Å². The minimum absolute atomic E-state index is 0.216. The van der Waals surface area contributed by atoms with E-state index in [9.17, 15) is 14.4 Å². The fourth-order valence-electron chi connectivity index (χ4n) is 4.40. The summed E-state index contributed by atoms with van der Waals surface area (Å²) in [6.07, 6.45) is 5.13. The lowest BCUT2D eigenvalue weighted by molar-refractivity contribution is -0.119. The van der Waals surface area contributed by atoms with Crippen LogP contribution in [0.3, 0.4) is 0 Å². The fourth-order valence-corrected chi connectivity index (χ4v) is 4.40. The van der Waals surface area contributed by atoms with Crippen LogP contribution in [0.1, 0.15) is 58.2 Å². The van der Waals surface area contributed by atoms with Crippen molar-refractivity contribution >= 4 is 34.4 Å². The van der Waals surface area contributed by atoms with Crippen LogP contribution in [-0.4, -0.2) is 35.4 Å². The quantitative estimate of drug-likeness (QED) is 0.500. The molecule has 1 atom stereocenters. The van der Waals surface area contributed by atoms with Crippen molar-refractivity contribution in [3.63, 3.8) is 0 Å². The highest BCUT2D eigenvalue weighted by atomic mass is 16.5. The van der Waals surface area contributed by atoms with Crippen LogP contribution in [0, 0.1) is 5.92 Å². The SMILES string of the molecule is C[C@H]1CCc2[nH]c3ccc(C(=O)OCC(=O)Nc4ccccc4C(=O)NC4CC4)cc3c2C1. The van der Waals surface area contributed by atoms with E-state index in [4.69, 9.17) is 4.74 Å². The van der Waals surface area contributed by atoms with E-state index in [2.05, 4.69) is 22.5 Å². The molecule has 1 heterocycles. The van der Waals surface area contributed by atoms with Crippen LogP contribution in [0.2, 0.25) is 0 Å². The second-order valence-corrected chi connectivity index (χ2v) is 9.11. The van der Waals surface area contributed by atoms with Crippen molar-refractivity contribution in [1.29, 1.82) is 0 Å². The van der Waals surface area contributed by atoms with Crippen molar-refractivity contribution in [3.05, 3.63) is 64.8 Å². The standard InChI is InChI=1S/C26H27N3O4/c1-15-6-10-22-19(12-15)20-13-16(7-11-23(20)28-22)26(32)33-14-24(30)29-21-5-3-2-4-18(21)25(31)27-17-8-9-17/h2-5,7,11,13,15,17,28H,6,8-10,12,14H2,1H3,(H,27,31)(H,29,30)/t15-/m0/s1. The van der Waals surface area contributed by atoms with E-state index in [0.29, 0.717) is 22.7 Å². The van der Waals surface area contributed by atoms with Crippen LogP contribution in [0.15, 0.2) is 42.5 Å². The number of esters is 1. The van der Waals surface area contributed by atoms with E-state index >= 15 is 0 Å². The highest BCUT2D eigenvalue weighted by molar-refractivity contribution is 6.04. The first kappa shape index (κ1) is 21.2. The number of hydrogen-bond acceptors (Lipinski definition) is 4. The molecule has 2 amide bonds. The van der Waals surface area contributed by atoms with Crippen molar-refractivity contribution in [2.45, 2.75) is 45.1 Å². The van der Waals surface area contributed by atoms with Gasteiger partial charge in [-0.25, -0.2) is 4.79 Å². The second-order valence-electron chi connectivity index (χ2n) is 9.11. The Bertz CT molecular complexity index is 1240. The number of aromatic amines is 1. The van der Waals surface area contributed by atoms with Gasteiger partial charge in [-0.2, -0.15) is 0 Å². The lowest BCUT2D eigenvalue weighted by Gasteiger charge is -2.18. The van der Waals surface area contributed by atoms with Crippen molar-refractivity contribution < 1.29 is 19.1 Å². The average molecular weight is 446 g/mol. The Kier molecular flexibility index (Phi) is 5.62. The van der Waals surface area contributed by atoms with Crippen LogP contribution < -0.4 is 10.6 Å². The van der Waals surface area contributed by atoms with E-state index in [1.54, 1.807) is 30.3 Å². The number of aromatic nitrogens is 1. The van der Waals surface area contributed by atoms with Crippen LogP contribution in [0.4, 0.5) is 5.69 Å². The lowest BCUT2D eigenvalue weighted by Crippen LogP contribution is -2.28. The molecule has 0 spiro atoms. The van der Waals surface area contributed by atoms with E-state index in [1.807, 2.05) is 12.1 Å². The number of para-hydroxylation sites is 1. The molecule has 7 heteroatoms. The van der Waals surface area contributed by atoms with Crippen LogP contribution >= 0.6 is 0 Å². The molecule has 3 aromatic rings. The summed E-state index contributed by atoms with van der Waals surface area (Å²) in [5.74, 6) is -0.651. The third-order valence-corrected chi connectivity index (χ3v) is 6.36. The summed E-state index contributed by atoms with van der Waals surface area (Å²) in [6, 6.07) is 12.5. The van der Waals surface area contributed by atoms with Gasteiger partial charge in [0.25, 0.3) is 11.8 Å². The van der Waals surface area contributed by atoms with E-state index < -0.39 is 18.5 Å². The Morgan fingerprint density at radius 1 is 1.09 bits per heavy atom. The monoisotopic (exact) mass is 445 g/mol. The first-order valence-electron chi connectivity index (χ1n) is 11.5. The third-order valence-electron chi connectivity index (χ3n) is 6.36. The van der Waals surface area contributed by atoms with Gasteiger partial charge in [-0.3, -0.25) is 9.59 Å². The van der Waals surface area contributed by atoms with Crippen LogP contribution in [0.5, 0.6) is 0 Å². The number of aryl methyl sites for hydroxylation is 1. The molecule has 33 heavy (non-hydrogen) atoms.